The van der Waals surface area contributed by atoms with Crippen LogP contribution >= 0.6 is 0 Å². The van der Waals surface area contributed by atoms with Crippen molar-refractivity contribution in [3.63, 3.8) is 0 Å². The van der Waals surface area contributed by atoms with Crippen LogP contribution in [0.15, 0.2) is 78.9 Å². The molecule has 1 heterocycles. The Kier molecular flexibility index (Phi) is 8.13. The van der Waals surface area contributed by atoms with Crippen LogP contribution in [0, 0.1) is 6.92 Å². The molecule has 0 saturated carbocycles. The third-order valence-corrected chi connectivity index (χ3v) is 6.37. The van der Waals surface area contributed by atoms with Gasteiger partial charge >= 0.3 is 5.97 Å². The number of anilines is 1. The highest BCUT2D eigenvalue weighted by molar-refractivity contribution is 6.12. The molecular formula is C29H31N3O4. The Morgan fingerprint density at radius 3 is 2.19 bits per heavy atom. The fourth-order valence-electron chi connectivity index (χ4n) is 4.32. The number of para-hydroxylation sites is 1. The van der Waals surface area contributed by atoms with Gasteiger partial charge in [-0.05, 0) is 36.8 Å². The number of rotatable bonds is 7. The summed E-state index contributed by atoms with van der Waals surface area (Å²) in [5, 5.41) is 0. The van der Waals surface area contributed by atoms with E-state index in [2.05, 4.69) is 36.1 Å². The Morgan fingerprint density at radius 2 is 1.50 bits per heavy atom. The zero-order valence-corrected chi connectivity index (χ0v) is 20.7. The van der Waals surface area contributed by atoms with Gasteiger partial charge in [0.1, 0.15) is 0 Å². The van der Waals surface area contributed by atoms with Gasteiger partial charge in [0.25, 0.3) is 11.8 Å². The van der Waals surface area contributed by atoms with Crippen LogP contribution in [0.2, 0.25) is 0 Å². The molecule has 1 aliphatic rings. The number of nitrogens with zero attached hydrogens (tertiary/aromatic N) is 3. The molecule has 4 rings (SSSR count). The van der Waals surface area contributed by atoms with Gasteiger partial charge in [-0.15, -0.1) is 0 Å². The van der Waals surface area contributed by atoms with Crippen molar-refractivity contribution < 1.29 is 19.1 Å². The molecule has 3 aromatic rings. The van der Waals surface area contributed by atoms with E-state index in [4.69, 9.17) is 4.74 Å². The first-order valence-corrected chi connectivity index (χ1v) is 12.1. The van der Waals surface area contributed by atoms with Gasteiger partial charge in [0.15, 0.2) is 6.61 Å². The molecular weight excluding hydrogens is 454 g/mol. The second-order valence-electron chi connectivity index (χ2n) is 8.97. The molecule has 0 atom stereocenters. The molecule has 0 bridgehead atoms. The highest BCUT2D eigenvalue weighted by Crippen LogP contribution is 2.18. The molecule has 0 aromatic heterocycles. The van der Waals surface area contributed by atoms with E-state index < -0.39 is 5.97 Å². The zero-order valence-electron chi connectivity index (χ0n) is 20.7. The van der Waals surface area contributed by atoms with Crippen molar-refractivity contribution in [1.82, 2.24) is 9.80 Å². The number of hydrogen-bond acceptors (Lipinski definition) is 5. The molecule has 0 spiro atoms. The number of aryl methyl sites for hydroxylation is 1. The molecule has 1 aliphatic heterocycles. The lowest BCUT2D eigenvalue weighted by molar-refractivity contribution is -0.136. The molecule has 1 fully saturated rings. The van der Waals surface area contributed by atoms with Crippen LogP contribution in [0.4, 0.5) is 5.69 Å². The Labute approximate surface area is 211 Å². The van der Waals surface area contributed by atoms with Crippen molar-refractivity contribution in [2.45, 2.75) is 13.5 Å². The summed E-state index contributed by atoms with van der Waals surface area (Å²) in [4.78, 5) is 44.1. The summed E-state index contributed by atoms with van der Waals surface area (Å²) < 4.78 is 5.34. The van der Waals surface area contributed by atoms with Gasteiger partial charge in [-0.3, -0.25) is 14.5 Å². The number of piperazine rings is 1. The summed E-state index contributed by atoms with van der Waals surface area (Å²) in [7, 11) is 1.65. The summed E-state index contributed by atoms with van der Waals surface area (Å²) >= 11 is 0. The van der Waals surface area contributed by atoms with Crippen LogP contribution in [-0.2, 0) is 16.1 Å². The number of benzene rings is 3. The normalized spacial score (nSPS) is 13.8. The molecule has 0 aliphatic carbocycles. The molecule has 0 unspecified atom stereocenters. The van der Waals surface area contributed by atoms with E-state index in [1.807, 2.05) is 30.3 Å². The fraction of sp³-hybridized carbons (Fsp3) is 0.276. The SMILES string of the molecule is Cc1cccc(CN2CCN(C(=O)COC(=O)c3ccccc3C(=O)N(C)c3ccccc3)CC2)c1. The molecule has 2 amide bonds. The number of ether oxygens (including phenoxy) is 1. The molecule has 186 valence electrons. The van der Waals surface area contributed by atoms with Gasteiger partial charge in [0.2, 0.25) is 0 Å². The molecule has 7 heteroatoms. The lowest BCUT2D eigenvalue weighted by Gasteiger charge is -2.34. The molecule has 36 heavy (non-hydrogen) atoms. The van der Waals surface area contributed by atoms with E-state index in [1.54, 1.807) is 36.2 Å². The number of carbonyl (C=O) groups excluding carboxylic acids is 3. The fourth-order valence-corrected chi connectivity index (χ4v) is 4.32. The van der Waals surface area contributed by atoms with Gasteiger partial charge in [0.05, 0.1) is 11.1 Å². The second kappa shape index (κ2) is 11.6. The number of carbonyl (C=O) groups is 3. The lowest BCUT2D eigenvalue weighted by Crippen LogP contribution is -2.49. The van der Waals surface area contributed by atoms with Gasteiger partial charge in [-0.25, -0.2) is 4.79 Å². The smallest absolute Gasteiger partial charge is 0.339 e. The minimum absolute atomic E-state index is 0.140. The zero-order chi connectivity index (χ0) is 25.5. The van der Waals surface area contributed by atoms with Crippen LogP contribution in [0.5, 0.6) is 0 Å². The van der Waals surface area contributed by atoms with Crippen molar-refractivity contribution in [2.75, 3.05) is 44.7 Å². The Bertz CT molecular complexity index is 1220. The topological polar surface area (TPSA) is 70.2 Å². The van der Waals surface area contributed by atoms with Crippen LogP contribution in [-0.4, -0.2) is 67.4 Å². The van der Waals surface area contributed by atoms with Gasteiger partial charge < -0.3 is 14.5 Å². The van der Waals surface area contributed by atoms with E-state index in [-0.39, 0.29) is 29.5 Å². The molecule has 1 saturated heterocycles. The standard InChI is InChI=1S/C29H31N3O4/c1-22-9-8-10-23(19-22)20-31-15-17-32(18-16-31)27(33)21-36-29(35)26-14-7-6-13-25(26)28(34)30(2)24-11-4-3-5-12-24/h3-14,19H,15-18,20-21H2,1-2H3. The average Bonchev–Trinajstić information content (AvgIpc) is 2.91. The van der Waals surface area contributed by atoms with Gasteiger partial charge in [-0.2, -0.15) is 0 Å². The van der Waals surface area contributed by atoms with Crippen molar-refractivity contribution >= 4 is 23.5 Å². The maximum atomic E-state index is 13.1. The summed E-state index contributed by atoms with van der Waals surface area (Å²) in [5.74, 6) is -1.25. The summed E-state index contributed by atoms with van der Waals surface area (Å²) in [6.45, 7) is 5.26. The first-order chi connectivity index (χ1) is 17.4. The third-order valence-electron chi connectivity index (χ3n) is 6.37. The highest BCUT2D eigenvalue weighted by Gasteiger charge is 2.25. The molecule has 0 radical (unpaired) electrons. The van der Waals surface area contributed by atoms with Crippen molar-refractivity contribution in [3.8, 4) is 0 Å². The maximum Gasteiger partial charge on any atom is 0.339 e. The minimum Gasteiger partial charge on any atom is -0.452 e. The van der Waals surface area contributed by atoms with E-state index >= 15 is 0 Å². The Morgan fingerprint density at radius 1 is 0.833 bits per heavy atom. The van der Waals surface area contributed by atoms with Crippen molar-refractivity contribution in [3.05, 3.63) is 101 Å². The van der Waals surface area contributed by atoms with Gasteiger partial charge in [-0.1, -0.05) is 60.2 Å². The largest absolute Gasteiger partial charge is 0.452 e. The minimum atomic E-state index is -0.688. The Hall–Kier alpha value is -3.97. The van der Waals surface area contributed by atoms with Crippen LogP contribution in [0.1, 0.15) is 31.8 Å². The average molecular weight is 486 g/mol. The quantitative estimate of drug-likeness (QED) is 0.477. The highest BCUT2D eigenvalue weighted by atomic mass is 16.5. The number of esters is 1. The summed E-state index contributed by atoms with van der Waals surface area (Å²) in [6, 6.07) is 24.1. The Balaban J connectivity index is 1.31. The molecule has 3 aromatic carbocycles. The van der Waals surface area contributed by atoms with Crippen molar-refractivity contribution in [1.29, 1.82) is 0 Å². The predicted molar refractivity (Wildman–Crippen MR) is 139 cm³/mol. The van der Waals surface area contributed by atoms with Crippen LogP contribution in [0.3, 0.4) is 0 Å². The van der Waals surface area contributed by atoms with Crippen LogP contribution < -0.4 is 4.90 Å². The first kappa shape index (κ1) is 25.1. The lowest BCUT2D eigenvalue weighted by atomic mass is 10.1. The van der Waals surface area contributed by atoms with E-state index in [1.165, 1.54) is 16.0 Å². The first-order valence-electron chi connectivity index (χ1n) is 12.1. The maximum absolute atomic E-state index is 13.1. The second-order valence-corrected chi connectivity index (χ2v) is 8.97. The van der Waals surface area contributed by atoms with Gasteiger partial charge in [0, 0.05) is 45.5 Å². The number of hydrogen-bond donors (Lipinski definition) is 0. The van der Waals surface area contributed by atoms with Crippen molar-refractivity contribution in [2.24, 2.45) is 0 Å². The van der Waals surface area contributed by atoms with Crippen LogP contribution in [0.25, 0.3) is 0 Å². The molecule has 0 N–H and O–H groups in total. The van der Waals surface area contributed by atoms with E-state index in [0.717, 1.165) is 19.6 Å². The predicted octanol–water partition coefficient (Wildman–Crippen LogP) is 3.77. The van der Waals surface area contributed by atoms with E-state index in [9.17, 15) is 14.4 Å². The summed E-state index contributed by atoms with van der Waals surface area (Å²) in [5.41, 5.74) is 3.57. The monoisotopic (exact) mass is 485 g/mol. The third kappa shape index (κ3) is 6.17. The van der Waals surface area contributed by atoms with E-state index in [0.29, 0.717) is 18.8 Å². The molecule has 7 nitrogen and oxygen atoms in total. The number of amides is 2. The summed E-state index contributed by atoms with van der Waals surface area (Å²) in [6.07, 6.45) is 0.